The molecule has 1 fully saturated rings. The summed E-state index contributed by atoms with van der Waals surface area (Å²) in [6.45, 7) is 4.15. The van der Waals surface area contributed by atoms with E-state index in [4.69, 9.17) is 0 Å². The Morgan fingerprint density at radius 3 is 2.67 bits per heavy atom. The van der Waals surface area contributed by atoms with Crippen molar-refractivity contribution in [1.29, 1.82) is 0 Å². The van der Waals surface area contributed by atoms with Crippen LogP contribution in [0.25, 0.3) is 0 Å². The smallest absolute Gasteiger partial charge is 0.128 e. The van der Waals surface area contributed by atoms with Crippen molar-refractivity contribution in [3.8, 4) is 0 Å². The molecule has 1 aliphatic heterocycles. The molecular formula is C12H15F2N. The van der Waals surface area contributed by atoms with E-state index >= 15 is 0 Å². The second-order valence-electron chi connectivity index (χ2n) is 4.79. The Hall–Kier alpha value is -0.960. The highest BCUT2D eigenvalue weighted by molar-refractivity contribution is 5.24. The maximum atomic E-state index is 13.5. The fraction of sp³-hybridized carbons (Fsp3) is 0.500. The summed E-state index contributed by atoms with van der Waals surface area (Å²) in [6.07, 6.45) is 1.83. The van der Waals surface area contributed by atoms with Crippen LogP contribution in [-0.2, 0) is 0 Å². The van der Waals surface area contributed by atoms with Crippen LogP contribution in [0.3, 0.4) is 0 Å². The Balaban J connectivity index is 2.27. The number of nitrogens with one attached hydrogen (secondary N) is 1. The van der Waals surface area contributed by atoms with Gasteiger partial charge in [0, 0.05) is 17.1 Å². The predicted molar refractivity (Wildman–Crippen MR) is 55.5 cm³/mol. The van der Waals surface area contributed by atoms with Crippen LogP contribution in [0, 0.1) is 11.6 Å². The van der Waals surface area contributed by atoms with Crippen LogP contribution in [0.4, 0.5) is 8.78 Å². The van der Waals surface area contributed by atoms with Crippen LogP contribution in [0.1, 0.15) is 38.3 Å². The highest BCUT2D eigenvalue weighted by Gasteiger charge is 2.32. The maximum absolute atomic E-state index is 13.5. The lowest BCUT2D eigenvalue weighted by molar-refractivity contribution is 0.426. The summed E-state index contributed by atoms with van der Waals surface area (Å²) in [6, 6.07) is 3.57. The Kier molecular flexibility index (Phi) is 2.51. The molecule has 1 aliphatic rings. The van der Waals surface area contributed by atoms with Gasteiger partial charge < -0.3 is 5.32 Å². The third-order valence-electron chi connectivity index (χ3n) is 2.96. The summed E-state index contributed by atoms with van der Waals surface area (Å²) in [5, 5.41) is 3.31. The van der Waals surface area contributed by atoms with E-state index in [2.05, 4.69) is 19.2 Å². The molecule has 1 nitrogen and oxygen atoms in total. The molecule has 2 rings (SSSR count). The average molecular weight is 211 g/mol. The quantitative estimate of drug-likeness (QED) is 0.752. The summed E-state index contributed by atoms with van der Waals surface area (Å²) in [7, 11) is 0. The SMILES string of the molecule is CC1(C)CCC(c2cc(F)ccc2F)N1. The third kappa shape index (κ3) is 2.17. The minimum absolute atomic E-state index is 0.0173. The molecule has 0 bridgehead atoms. The largest absolute Gasteiger partial charge is 0.305 e. The summed E-state index contributed by atoms with van der Waals surface area (Å²) < 4.78 is 26.5. The van der Waals surface area contributed by atoms with Gasteiger partial charge in [-0.05, 0) is 44.9 Å². The zero-order valence-electron chi connectivity index (χ0n) is 8.98. The highest BCUT2D eigenvalue weighted by Crippen LogP contribution is 2.33. The van der Waals surface area contributed by atoms with Crippen LogP contribution in [-0.4, -0.2) is 5.54 Å². The number of halogens is 2. The van der Waals surface area contributed by atoms with Crippen molar-refractivity contribution in [2.45, 2.75) is 38.3 Å². The van der Waals surface area contributed by atoms with Gasteiger partial charge in [-0.2, -0.15) is 0 Å². The molecule has 0 aliphatic carbocycles. The third-order valence-corrected chi connectivity index (χ3v) is 2.96. The first kappa shape index (κ1) is 10.6. The summed E-state index contributed by atoms with van der Waals surface area (Å²) >= 11 is 0. The van der Waals surface area contributed by atoms with Crippen LogP contribution in [0.5, 0.6) is 0 Å². The van der Waals surface area contributed by atoms with Crippen LogP contribution < -0.4 is 5.32 Å². The van der Waals surface area contributed by atoms with E-state index in [9.17, 15) is 8.78 Å². The molecular weight excluding hydrogens is 196 g/mol. The minimum atomic E-state index is -0.377. The Morgan fingerprint density at radius 2 is 2.07 bits per heavy atom. The Morgan fingerprint density at radius 1 is 1.33 bits per heavy atom. The average Bonchev–Trinajstić information content (AvgIpc) is 2.50. The molecule has 82 valence electrons. The van der Waals surface area contributed by atoms with Gasteiger partial charge in [0.2, 0.25) is 0 Å². The van der Waals surface area contributed by atoms with E-state index in [1.165, 1.54) is 12.1 Å². The van der Waals surface area contributed by atoms with Crippen molar-refractivity contribution in [1.82, 2.24) is 5.32 Å². The monoisotopic (exact) mass is 211 g/mol. The first-order chi connectivity index (χ1) is 6.98. The molecule has 1 heterocycles. The fourth-order valence-electron chi connectivity index (χ4n) is 2.14. The zero-order valence-corrected chi connectivity index (χ0v) is 8.98. The second kappa shape index (κ2) is 3.56. The first-order valence-electron chi connectivity index (χ1n) is 5.21. The van der Waals surface area contributed by atoms with Gasteiger partial charge in [-0.15, -0.1) is 0 Å². The molecule has 1 aromatic rings. The minimum Gasteiger partial charge on any atom is -0.305 e. The summed E-state index contributed by atoms with van der Waals surface area (Å²) in [5.41, 5.74) is 0.462. The van der Waals surface area contributed by atoms with Gasteiger partial charge in [0.1, 0.15) is 11.6 Å². The molecule has 1 atom stereocenters. The molecule has 1 N–H and O–H groups in total. The Labute approximate surface area is 88.5 Å². The standard InChI is InChI=1S/C12H15F2N/c1-12(2)6-5-11(15-12)9-7-8(13)3-4-10(9)14/h3-4,7,11,15H,5-6H2,1-2H3. The lowest BCUT2D eigenvalue weighted by Gasteiger charge is -2.20. The van der Waals surface area contributed by atoms with Crippen LogP contribution >= 0.6 is 0 Å². The highest BCUT2D eigenvalue weighted by atomic mass is 19.1. The number of hydrogen-bond acceptors (Lipinski definition) is 1. The number of hydrogen-bond donors (Lipinski definition) is 1. The van der Waals surface area contributed by atoms with E-state index in [0.29, 0.717) is 5.56 Å². The molecule has 1 unspecified atom stereocenters. The zero-order chi connectivity index (χ0) is 11.1. The van der Waals surface area contributed by atoms with E-state index < -0.39 is 0 Å². The topological polar surface area (TPSA) is 12.0 Å². The van der Waals surface area contributed by atoms with Gasteiger partial charge in [0.05, 0.1) is 0 Å². The van der Waals surface area contributed by atoms with E-state index in [0.717, 1.165) is 18.9 Å². The van der Waals surface area contributed by atoms with Crippen molar-refractivity contribution in [2.24, 2.45) is 0 Å². The van der Waals surface area contributed by atoms with E-state index in [-0.39, 0.29) is 23.2 Å². The normalized spacial score (nSPS) is 24.4. The van der Waals surface area contributed by atoms with Crippen molar-refractivity contribution in [3.05, 3.63) is 35.4 Å². The predicted octanol–water partition coefficient (Wildman–Crippen LogP) is 3.17. The van der Waals surface area contributed by atoms with Gasteiger partial charge in [-0.1, -0.05) is 0 Å². The molecule has 0 amide bonds. The molecule has 1 aromatic carbocycles. The molecule has 1 saturated heterocycles. The van der Waals surface area contributed by atoms with E-state index in [1.54, 1.807) is 0 Å². The second-order valence-corrected chi connectivity index (χ2v) is 4.79. The lowest BCUT2D eigenvalue weighted by Crippen LogP contribution is -2.33. The molecule has 0 spiro atoms. The number of benzene rings is 1. The summed E-state index contributed by atoms with van der Waals surface area (Å²) in [4.78, 5) is 0. The van der Waals surface area contributed by atoms with Crippen molar-refractivity contribution in [2.75, 3.05) is 0 Å². The molecule has 0 aromatic heterocycles. The van der Waals surface area contributed by atoms with Gasteiger partial charge in [-0.25, -0.2) is 8.78 Å². The van der Waals surface area contributed by atoms with E-state index in [1.807, 2.05) is 0 Å². The molecule has 3 heteroatoms. The van der Waals surface area contributed by atoms with Gasteiger partial charge in [0.25, 0.3) is 0 Å². The number of rotatable bonds is 1. The molecule has 15 heavy (non-hydrogen) atoms. The molecule has 0 radical (unpaired) electrons. The molecule has 0 saturated carbocycles. The van der Waals surface area contributed by atoms with Crippen molar-refractivity contribution >= 4 is 0 Å². The van der Waals surface area contributed by atoms with Gasteiger partial charge in [-0.3, -0.25) is 0 Å². The van der Waals surface area contributed by atoms with Crippen LogP contribution in [0.15, 0.2) is 18.2 Å². The van der Waals surface area contributed by atoms with Crippen molar-refractivity contribution in [3.63, 3.8) is 0 Å². The fourth-order valence-corrected chi connectivity index (χ4v) is 2.14. The van der Waals surface area contributed by atoms with Gasteiger partial charge >= 0.3 is 0 Å². The first-order valence-corrected chi connectivity index (χ1v) is 5.21. The van der Waals surface area contributed by atoms with Crippen LogP contribution in [0.2, 0.25) is 0 Å². The van der Waals surface area contributed by atoms with Gasteiger partial charge in [0.15, 0.2) is 0 Å². The Bertz CT molecular complexity index is 374. The maximum Gasteiger partial charge on any atom is 0.128 e. The van der Waals surface area contributed by atoms with Crippen molar-refractivity contribution < 1.29 is 8.78 Å². The summed E-state index contributed by atoms with van der Waals surface area (Å²) in [5.74, 6) is -0.704. The lowest BCUT2D eigenvalue weighted by atomic mass is 10.0.